The van der Waals surface area contributed by atoms with Gasteiger partial charge in [0.1, 0.15) is 0 Å². The van der Waals surface area contributed by atoms with Crippen molar-refractivity contribution in [2.75, 3.05) is 7.11 Å². The Morgan fingerprint density at radius 1 is 1.41 bits per heavy atom. The van der Waals surface area contributed by atoms with Crippen LogP contribution >= 0.6 is 0 Å². The van der Waals surface area contributed by atoms with E-state index in [0.29, 0.717) is 0 Å². The van der Waals surface area contributed by atoms with Gasteiger partial charge >= 0.3 is 12.0 Å². The highest BCUT2D eigenvalue weighted by atomic mass is 16.5. The summed E-state index contributed by atoms with van der Waals surface area (Å²) in [6, 6.07) is -1.88. The monoisotopic (exact) mass is 246 g/mol. The zero-order chi connectivity index (χ0) is 13.0. The molecule has 17 heavy (non-hydrogen) atoms. The fraction of sp³-hybridized carbons (Fsp3) is 0.800. The average Bonchev–Trinajstić information content (AvgIpc) is 2.18. The van der Waals surface area contributed by atoms with E-state index in [-0.39, 0.29) is 12.1 Å². The molecule has 98 valence electrons. The lowest BCUT2D eigenvalue weighted by Gasteiger charge is -2.34. The number of aliphatic hydroxyl groups excluding tert-OH is 1. The minimum Gasteiger partial charge on any atom is -0.480 e. The molecule has 0 aromatic heterocycles. The van der Waals surface area contributed by atoms with Crippen molar-refractivity contribution in [3.63, 3.8) is 0 Å². The highest BCUT2D eigenvalue weighted by Crippen LogP contribution is 2.22. The third-order valence-corrected chi connectivity index (χ3v) is 2.80. The Balaban J connectivity index is 2.31. The molecule has 7 nitrogen and oxygen atoms in total. The zero-order valence-corrected chi connectivity index (χ0v) is 9.84. The van der Waals surface area contributed by atoms with E-state index in [0.717, 1.165) is 12.8 Å². The molecule has 1 aliphatic rings. The largest absolute Gasteiger partial charge is 0.480 e. The number of amides is 2. The van der Waals surface area contributed by atoms with Crippen LogP contribution in [-0.4, -0.2) is 53.6 Å². The third-order valence-electron chi connectivity index (χ3n) is 2.80. The van der Waals surface area contributed by atoms with Crippen molar-refractivity contribution in [2.45, 2.75) is 44.1 Å². The first-order valence-electron chi connectivity index (χ1n) is 5.44. The van der Waals surface area contributed by atoms with Crippen LogP contribution < -0.4 is 10.6 Å². The van der Waals surface area contributed by atoms with Gasteiger partial charge in [-0.2, -0.15) is 0 Å². The number of nitrogens with one attached hydrogen (secondary N) is 2. The van der Waals surface area contributed by atoms with Gasteiger partial charge in [0.25, 0.3) is 0 Å². The molecule has 0 aromatic carbocycles. The minimum absolute atomic E-state index is 0.00314. The van der Waals surface area contributed by atoms with Crippen molar-refractivity contribution in [2.24, 2.45) is 0 Å². The maximum absolute atomic E-state index is 11.4. The number of rotatable bonds is 5. The van der Waals surface area contributed by atoms with Crippen molar-refractivity contribution >= 4 is 12.0 Å². The molecule has 1 rings (SSSR count). The van der Waals surface area contributed by atoms with E-state index in [1.54, 1.807) is 7.11 Å². The van der Waals surface area contributed by atoms with Crippen molar-refractivity contribution in [1.29, 1.82) is 0 Å². The molecule has 7 heteroatoms. The summed E-state index contributed by atoms with van der Waals surface area (Å²) in [6.45, 7) is 1.31. The van der Waals surface area contributed by atoms with Crippen LogP contribution in [0.3, 0.4) is 0 Å². The van der Waals surface area contributed by atoms with Crippen LogP contribution in [0.25, 0.3) is 0 Å². The number of hydrogen-bond acceptors (Lipinski definition) is 4. The molecule has 0 bridgehead atoms. The average molecular weight is 246 g/mol. The molecule has 0 radical (unpaired) electrons. The van der Waals surface area contributed by atoms with E-state index >= 15 is 0 Å². The number of hydrogen-bond donors (Lipinski definition) is 4. The second kappa shape index (κ2) is 5.83. The number of aliphatic carboxylic acids is 1. The molecule has 4 N–H and O–H groups in total. The van der Waals surface area contributed by atoms with E-state index in [1.807, 2.05) is 0 Å². The van der Waals surface area contributed by atoms with E-state index in [4.69, 9.17) is 9.84 Å². The maximum Gasteiger partial charge on any atom is 0.328 e. The van der Waals surface area contributed by atoms with Crippen LogP contribution in [0.4, 0.5) is 4.79 Å². The Bertz CT molecular complexity index is 288. The number of urea groups is 1. The first-order chi connectivity index (χ1) is 7.93. The van der Waals surface area contributed by atoms with Gasteiger partial charge in [0, 0.05) is 13.2 Å². The Morgan fingerprint density at radius 2 is 2.00 bits per heavy atom. The molecule has 0 aliphatic heterocycles. The predicted molar refractivity (Wildman–Crippen MR) is 58.6 cm³/mol. The quantitative estimate of drug-likeness (QED) is 0.513. The molecular formula is C10H18N2O5. The number of methoxy groups -OCH3 is 1. The molecule has 0 aromatic rings. The van der Waals surface area contributed by atoms with E-state index in [1.165, 1.54) is 6.92 Å². The van der Waals surface area contributed by atoms with Gasteiger partial charge in [0.05, 0.1) is 12.2 Å². The van der Waals surface area contributed by atoms with Crippen LogP contribution in [0.1, 0.15) is 19.8 Å². The zero-order valence-electron chi connectivity index (χ0n) is 9.84. The van der Waals surface area contributed by atoms with Crippen LogP contribution in [0.5, 0.6) is 0 Å². The Hall–Kier alpha value is -1.34. The van der Waals surface area contributed by atoms with E-state index in [9.17, 15) is 14.7 Å². The van der Waals surface area contributed by atoms with Crippen LogP contribution in [-0.2, 0) is 9.53 Å². The van der Waals surface area contributed by atoms with Crippen molar-refractivity contribution in [3.05, 3.63) is 0 Å². The maximum atomic E-state index is 11.4. The number of aliphatic hydroxyl groups is 1. The summed E-state index contributed by atoms with van der Waals surface area (Å²) in [5, 5.41) is 22.8. The van der Waals surface area contributed by atoms with Gasteiger partial charge in [-0.25, -0.2) is 9.59 Å². The Labute approximate surface area is 99.1 Å². The summed E-state index contributed by atoms with van der Waals surface area (Å²) in [5.41, 5.74) is 0. The fourth-order valence-electron chi connectivity index (χ4n) is 1.63. The number of carboxylic acid groups (broad SMARTS) is 1. The van der Waals surface area contributed by atoms with E-state index in [2.05, 4.69) is 10.6 Å². The summed E-state index contributed by atoms with van der Waals surface area (Å²) in [6.07, 6.45) is 0.450. The van der Waals surface area contributed by atoms with Gasteiger partial charge in [-0.05, 0) is 19.8 Å². The lowest BCUT2D eigenvalue weighted by molar-refractivity contribution is -0.141. The third kappa shape index (κ3) is 3.86. The molecule has 1 saturated carbocycles. The Morgan fingerprint density at radius 3 is 2.41 bits per heavy atom. The summed E-state index contributed by atoms with van der Waals surface area (Å²) in [5.74, 6) is -1.27. The number of carbonyl (C=O) groups is 2. The summed E-state index contributed by atoms with van der Waals surface area (Å²) >= 11 is 0. The molecule has 1 aliphatic carbocycles. The lowest BCUT2D eigenvalue weighted by Crippen LogP contribution is -2.56. The fourth-order valence-corrected chi connectivity index (χ4v) is 1.63. The highest BCUT2D eigenvalue weighted by molar-refractivity contribution is 5.83. The molecule has 2 atom stereocenters. The number of carboxylic acids is 1. The minimum atomic E-state index is -1.30. The first-order valence-corrected chi connectivity index (χ1v) is 5.44. The topological polar surface area (TPSA) is 108 Å². The molecule has 1 fully saturated rings. The first kappa shape index (κ1) is 13.7. The van der Waals surface area contributed by atoms with Crippen LogP contribution in [0, 0.1) is 0 Å². The summed E-state index contributed by atoms with van der Waals surface area (Å²) in [4.78, 5) is 22.1. The SMILES string of the molecule is COC1CC(NC(=O)N[C@H](C(=O)O)[C@@H](C)O)C1. The summed E-state index contributed by atoms with van der Waals surface area (Å²) < 4.78 is 5.05. The van der Waals surface area contributed by atoms with Gasteiger partial charge in [-0.15, -0.1) is 0 Å². The van der Waals surface area contributed by atoms with Gasteiger partial charge in [-0.1, -0.05) is 0 Å². The molecule has 0 spiro atoms. The standard InChI is InChI=1S/C10H18N2O5/c1-5(13)8(9(14)15)12-10(16)11-6-3-7(4-6)17-2/h5-8,13H,3-4H2,1-2H3,(H,14,15)(H2,11,12,16)/t5-,6?,7?,8+/m1/s1. The molecule has 2 amide bonds. The molecule has 0 saturated heterocycles. The predicted octanol–water partition coefficient (Wildman–Crippen LogP) is -0.703. The van der Waals surface area contributed by atoms with Gasteiger partial charge < -0.3 is 25.6 Å². The van der Waals surface area contributed by atoms with Crippen molar-refractivity contribution < 1.29 is 24.5 Å². The molecular weight excluding hydrogens is 228 g/mol. The van der Waals surface area contributed by atoms with Gasteiger partial charge in [0.2, 0.25) is 0 Å². The molecule has 0 heterocycles. The lowest BCUT2D eigenvalue weighted by atomic mass is 9.89. The van der Waals surface area contributed by atoms with Crippen LogP contribution in [0.2, 0.25) is 0 Å². The number of carbonyl (C=O) groups excluding carboxylic acids is 1. The smallest absolute Gasteiger partial charge is 0.328 e. The second-order valence-corrected chi connectivity index (χ2v) is 4.20. The van der Waals surface area contributed by atoms with E-state index < -0.39 is 24.1 Å². The van der Waals surface area contributed by atoms with Crippen molar-refractivity contribution in [1.82, 2.24) is 10.6 Å². The second-order valence-electron chi connectivity index (χ2n) is 4.20. The van der Waals surface area contributed by atoms with Gasteiger partial charge in [0.15, 0.2) is 6.04 Å². The highest BCUT2D eigenvalue weighted by Gasteiger charge is 2.31. The normalized spacial score (nSPS) is 26.5. The van der Waals surface area contributed by atoms with Crippen molar-refractivity contribution in [3.8, 4) is 0 Å². The summed E-state index contributed by atoms with van der Waals surface area (Å²) in [7, 11) is 1.61. The Kier molecular flexibility index (Phi) is 4.71. The number of ether oxygens (including phenoxy) is 1. The van der Waals surface area contributed by atoms with Gasteiger partial charge in [-0.3, -0.25) is 0 Å². The molecule has 0 unspecified atom stereocenters. The van der Waals surface area contributed by atoms with Crippen LogP contribution in [0.15, 0.2) is 0 Å².